The largest absolute Gasteiger partial charge is 0.490 e. The number of ether oxygens (including phenoxy) is 1. The molecule has 2 atom stereocenters. The van der Waals surface area contributed by atoms with Crippen LogP contribution in [0.5, 0.6) is 5.75 Å². The molecule has 132 valence electrons. The lowest BCUT2D eigenvalue weighted by Crippen LogP contribution is -2.33. The van der Waals surface area contributed by atoms with Crippen molar-refractivity contribution in [1.29, 1.82) is 0 Å². The van der Waals surface area contributed by atoms with Crippen molar-refractivity contribution in [3.8, 4) is 5.75 Å². The molecule has 0 radical (unpaired) electrons. The Hall–Kier alpha value is -1.07. The lowest BCUT2D eigenvalue weighted by atomic mass is 10.0. The van der Waals surface area contributed by atoms with E-state index in [1.54, 1.807) is 0 Å². The molecule has 0 aromatic heterocycles. The van der Waals surface area contributed by atoms with Gasteiger partial charge in [0, 0.05) is 12.6 Å². The number of aliphatic hydroxyl groups excluding tert-OH is 1. The van der Waals surface area contributed by atoms with Gasteiger partial charge in [-0.05, 0) is 52.5 Å². The molecular formula is C19H25BrClNO2. The number of hydrogen-bond acceptors (Lipinski definition) is 3. The van der Waals surface area contributed by atoms with Gasteiger partial charge in [0.05, 0.1) is 4.47 Å². The van der Waals surface area contributed by atoms with E-state index >= 15 is 0 Å². The van der Waals surface area contributed by atoms with E-state index < -0.39 is 6.10 Å². The van der Waals surface area contributed by atoms with Crippen molar-refractivity contribution in [3.63, 3.8) is 0 Å². The summed E-state index contributed by atoms with van der Waals surface area (Å²) in [5.74, 6) is 0.745. The van der Waals surface area contributed by atoms with Gasteiger partial charge in [0.15, 0.2) is 0 Å². The van der Waals surface area contributed by atoms with E-state index in [0.29, 0.717) is 6.54 Å². The van der Waals surface area contributed by atoms with Crippen molar-refractivity contribution >= 4 is 28.3 Å². The fraction of sp³-hybridized carbons (Fsp3) is 0.368. The van der Waals surface area contributed by atoms with Crippen LogP contribution in [0.25, 0.3) is 0 Å². The van der Waals surface area contributed by atoms with Crippen LogP contribution < -0.4 is 10.1 Å². The molecule has 2 unspecified atom stereocenters. The highest BCUT2D eigenvalue weighted by atomic mass is 79.9. The van der Waals surface area contributed by atoms with Gasteiger partial charge in [-0.2, -0.15) is 0 Å². The van der Waals surface area contributed by atoms with Gasteiger partial charge >= 0.3 is 0 Å². The lowest BCUT2D eigenvalue weighted by Gasteiger charge is -2.18. The van der Waals surface area contributed by atoms with Crippen LogP contribution in [0.1, 0.15) is 31.0 Å². The molecule has 2 aromatic rings. The quantitative estimate of drug-likeness (QED) is 0.667. The second kappa shape index (κ2) is 10.7. The first-order valence-corrected chi connectivity index (χ1v) is 8.77. The van der Waals surface area contributed by atoms with Crippen molar-refractivity contribution in [1.82, 2.24) is 5.32 Å². The second-order valence-electron chi connectivity index (χ2n) is 5.62. The SMILES string of the molecule is CCc1ccc(C(C)NCC(O)COc2ccccc2Br)cc1.Cl. The van der Waals surface area contributed by atoms with Crippen LogP contribution in [0.2, 0.25) is 0 Å². The number of aliphatic hydroxyl groups is 1. The average Bonchev–Trinajstić information content (AvgIpc) is 2.59. The zero-order valence-corrected chi connectivity index (χ0v) is 16.4. The smallest absolute Gasteiger partial charge is 0.133 e. The molecule has 0 amide bonds. The van der Waals surface area contributed by atoms with Gasteiger partial charge in [-0.25, -0.2) is 0 Å². The molecule has 0 aliphatic heterocycles. The van der Waals surface area contributed by atoms with E-state index in [9.17, 15) is 5.11 Å². The summed E-state index contributed by atoms with van der Waals surface area (Å²) >= 11 is 3.43. The first-order chi connectivity index (χ1) is 11.1. The molecule has 2 rings (SSSR count). The Balaban J connectivity index is 0.00000288. The Labute approximate surface area is 159 Å². The van der Waals surface area contributed by atoms with Crippen molar-refractivity contribution in [2.45, 2.75) is 32.4 Å². The topological polar surface area (TPSA) is 41.5 Å². The Bertz CT molecular complexity index is 607. The van der Waals surface area contributed by atoms with E-state index in [2.05, 4.69) is 59.4 Å². The van der Waals surface area contributed by atoms with Crippen LogP contribution in [0.4, 0.5) is 0 Å². The number of aryl methyl sites for hydroxylation is 1. The molecule has 2 N–H and O–H groups in total. The molecule has 0 bridgehead atoms. The summed E-state index contributed by atoms with van der Waals surface area (Å²) in [5, 5.41) is 13.4. The average molecular weight is 415 g/mol. The number of halogens is 2. The Morgan fingerprint density at radius 2 is 1.79 bits per heavy atom. The van der Waals surface area contributed by atoms with Gasteiger partial charge in [0.2, 0.25) is 0 Å². The molecule has 5 heteroatoms. The van der Waals surface area contributed by atoms with Crippen LogP contribution in [-0.4, -0.2) is 24.4 Å². The summed E-state index contributed by atoms with van der Waals surface area (Å²) < 4.78 is 6.52. The van der Waals surface area contributed by atoms with Crippen molar-refractivity contribution in [2.24, 2.45) is 0 Å². The van der Waals surface area contributed by atoms with Crippen molar-refractivity contribution in [3.05, 3.63) is 64.1 Å². The molecule has 0 saturated heterocycles. The number of hydrogen-bond donors (Lipinski definition) is 2. The summed E-state index contributed by atoms with van der Waals surface area (Å²) in [5.41, 5.74) is 2.56. The predicted molar refractivity (Wildman–Crippen MR) is 105 cm³/mol. The van der Waals surface area contributed by atoms with Crippen molar-refractivity contribution in [2.75, 3.05) is 13.2 Å². The minimum absolute atomic E-state index is 0. The minimum atomic E-state index is -0.556. The van der Waals surface area contributed by atoms with E-state index in [4.69, 9.17) is 4.74 Å². The molecular weight excluding hydrogens is 390 g/mol. The number of benzene rings is 2. The van der Waals surface area contributed by atoms with Crippen LogP contribution in [0.15, 0.2) is 53.0 Å². The fourth-order valence-corrected chi connectivity index (χ4v) is 2.68. The van der Waals surface area contributed by atoms with Crippen molar-refractivity contribution < 1.29 is 9.84 Å². The van der Waals surface area contributed by atoms with Crippen LogP contribution in [0, 0.1) is 0 Å². The Morgan fingerprint density at radius 1 is 1.12 bits per heavy atom. The Morgan fingerprint density at radius 3 is 2.42 bits per heavy atom. The van der Waals surface area contributed by atoms with Gasteiger partial charge < -0.3 is 15.2 Å². The van der Waals surface area contributed by atoms with Gasteiger partial charge in [-0.1, -0.05) is 43.3 Å². The van der Waals surface area contributed by atoms with Gasteiger partial charge in [-0.15, -0.1) is 12.4 Å². The van der Waals surface area contributed by atoms with E-state index in [1.165, 1.54) is 11.1 Å². The van der Waals surface area contributed by atoms with E-state index in [0.717, 1.165) is 16.6 Å². The maximum Gasteiger partial charge on any atom is 0.133 e. The first-order valence-electron chi connectivity index (χ1n) is 7.97. The molecule has 0 heterocycles. The fourth-order valence-electron chi connectivity index (χ4n) is 2.28. The van der Waals surface area contributed by atoms with Gasteiger partial charge in [-0.3, -0.25) is 0 Å². The lowest BCUT2D eigenvalue weighted by molar-refractivity contribution is 0.104. The third-order valence-electron chi connectivity index (χ3n) is 3.82. The van der Waals surface area contributed by atoms with Crippen LogP contribution in [-0.2, 0) is 6.42 Å². The summed E-state index contributed by atoms with van der Waals surface area (Å²) in [6, 6.07) is 16.4. The normalized spacial score (nSPS) is 13.0. The zero-order valence-electron chi connectivity index (χ0n) is 14.0. The van der Waals surface area contributed by atoms with E-state index in [1.807, 2.05) is 24.3 Å². The molecule has 0 spiro atoms. The number of para-hydroxylation sites is 1. The molecule has 0 aliphatic carbocycles. The highest BCUT2D eigenvalue weighted by molar-refractivity contribution is 9.10. The third-order valence-corrected chi connectivity index (χ3v) is 4.47. The minimum Gasteiger partial charge on any atom is -0.490 e. The summed E-state index contributed by atoms with van der Waals surface area (Å²) in [6.45, 7) is 5.00. The van der Waals surface area contributed by atoms with Crippen LogP contribution in [0.3, 0.4) is 0 Å². The second-order valence-corrected chi connectivity index (χ2v) is 6.47. The van der Waals surface area contributed by atoms with Crippen LogP contribution >= 0.6 is 28.3 Å². The maximum absolute atomic E-state index is 10.1. The van der Waals surface area contributed by atoms with E-state index in [-0.39, 0.29) is 25.1 Å². The summed E-state index contributed by atoms with van der Waals surface area (Å²) in [7, 11) is 0. The molecule has 24 heavy (non-hydrogen) atoms. The van der Waals surface area contributed by atoms with Gasteiger partial charge in [0.1, 0.15) is 18.5 Å². The monoisotopic (exact) mass is 413 g/mol. The first kappa shape index (κ1) is 21.0. The highest BCUT2D eigenvalue weighted by Crippen LogP contribution is 2.23. The summed E-state index contributed by atoms with van der Waals surface area (Å²) in [4.78, 5) is 0. The standard InChI is InChI=1S/C19H24BrNO2.ClH/c1-3-15-8-10-16(11-9-15)14(2)21-12-17(22)13-23-19-7-5-4-6-18(19)20;/h4-11,14,17,21-22H,3,12-13H2,1-2H3;1H. The maximum atomic E-state index is 10.1. The summed E-state index contributed by atoms with van der Waals surface area (Å²) in [6.07, 6.45) is 0.493. The zero-order chi connectivity index (χ0) is 16.7. The number of rotatable bonds is 8. The molecule has 0 saturated carbocycles. The molecule has 0 aliphatic rings. The number of nitrogens with one attached hydrogen (secondary N) is 1. The molecule has 0 fully saturated rings. The third kappa shape index (κ3) is 6.44. The highest BCUT2D eigenvalue weighted by Gasteiger charge is 2.10. The molecule has 2 aromatic carbocycles. The predicted octanol–water partition coefficient (Wildman–Crippen LogP) is 4.52. The molecule has 3 nitrogen and oxygen atoms in total. The Kier molecular flexibility index (Phi) is 9.37. The van der Waals surface area contributed by atoms with Gasteiger partial charge in [0.25, 0.3) is 0 Å².